The first-order valence-electron chi connectivity index (χ1n) is 20.1. The van der Waals surface area contributed by atoms with Gasteiger partial charge in [-0.05, 0) is 83.6 Å². The quantitative estimate of drug-likeness (QED) is 0.0479. The van der Waals surface area contributed by atoms with Crippen molar-refractivity contribution in [3.8, 4) is 22.5 Å². The largest absolute Gasteiger partial charge is 0.478 e. The van der Waals surface area contributed by atoms with Crippen LogP contribution in [0.5, 0.6) is 0 Å². The van der Waals surface area contributed by atoms with Crippen LogP contribution in [0.15, 0.2) is 97.8 Å². The summed E-state index contributed by atoms with van der Waals surface area (Å²) in [5.41, 5.74) is 10.4. The predicted molar refractivity (Wildman–Crippen MR) is 247 cm³/mol. The molecule has 0 radical (unpaired) electrons. The van der Waals surface area contributed by atoms with Crippen LogP contribution in [0.2, 0.25) is 10.0 Å². The van der Waals surface area contributed by atoms with Crippen molar-refractivity contribution in [2.24, 2.45) is 5.73 Å². The van der Waals surface area contributed by atoms with Crippen LogP contribution in [-0.4, -0.2) is 95.9 Å². The second-order valence-electron chi connectivity index (χ2n) is 14.9. The fourth-order valence-corrected chi connectivity index (χ4v) is 6.21. The Morgan fingerprint density at radius 1 is 0.631 bits per heavy atom. The van der Waals surface area contributed by atoms with E-state index in [0.29, 0.717) is 44.2 Å². The minimum atomic E-state index is -1.09. The number of anilines is 4. The van der Waals surface area contributed by atoms with Gasteiger partial charge >= 0.3 is 5.97 Å². The second kappa shape index (κ2) is 24.8. The zero-order valence-corrected chi connectivity index (χ0v) is 37.3. The standard InChI is InChI=1S/C23H24ClFN4O3.C20H17ClFN3O2.C3H9NO2/c1-13(2)17-10-27-21(16-7-14(24)3-4-19(16)25)8-22(17)29-20-5-6-26-9-18(20)23(32)28-15(11-30)12-31;1-11(2)14-10-24-18(13-7-12(21)3-4-16(13)22)8-19(14)25-17-5-6-23-9-15(17)20(26)27;4-3(1-5)2-6/h3-10,13,15,30-31H,11-12H2,1-2H3,(H,28,32)(H,26,27,29);3-11H,1-2H3,(H,26,27)(H,23,24,25);3,5-6H,1-2,4H2. The molecule has 15 nitrogen and oxygen atoms in total. The Morgan fingerprint density at radius 3 is 1.45 bits per heavy atom. The Balaban J connectivity index is 0.000000255. The molecule has 6 rings (SSSR count). The normalized spacial score (nSPS) is 10.9. The Hall–Kier alpha value is -6.18. The SMILES string of the molecule is CC(C)c1cnc(-c2cc(Cl)ccc2F)cc1Nc1ccncc1C(=O)NC(CO)CO.CC(C)c1cnc(-c2cc(Cl)ccc2F)cc1Nc1ccncc1C(=O)O.NC(CO)CO. The summed E-state index contributed by atoms with van der Waals surface area (Å²) in [5.74, 6) is -2.27. The van der Waals surface area contributed by atoms with Crippen LogP contribution < -0.4 is 21.7 Å². The smallest absolute Gasteiger partial charge is 0.339 e. The summed E-state index contributed by atoms with van der Waals surface area (Å²) in [5, 5.41) is 53.7. The molecule has 2 aromatic carbocycles. The zero-order valence-electron chi connectivity index (χ0n) is 35.8. The van der Waals surface area contributed by atoms with E-state index in [9.17, 15) is 33.7 Å². The van der Waals surface area contributed by atoms with Gasteiger partial charge in [-0.1, -0.05) is 50.9 Å². The molecule has 65 heavy (non-hydrogen) atoms. The summed E-state index contributed by atoms with van der Waals surface area (Å²) in [7, 11) is 0. The number of benzene rings is 2. The van der Waals surface area contributed by atoms with E-state index in [-0.39, 0.29) is 47.3 Å². The molecule has 0 spiro atoms. The average molecular weight is 936 g/mol. The van der Waals surface area contributed by atoms with Crippen molar-refractivity contribution >= 4 is 57.8 Å². The number of aromatic carboxylic acids is 1. The molecule has 4 aromatic heterocycles. The molecule has 6 aromatic rings. The molecule has 344 valence electrons. The number of aliphatic hydroxyl groups excluding tert-OH is 4. The van der Waals surface area contributed by atoms with Crippen LogP contribution in [0.1, 0.15) is 71.4 Å². The van der Waals surface area contributed by atoms with Gasteiger partial charge in [-0.25, -0.2) is 13.6 Å². The predicted octanol–water partition coefficient (Wildman–Crippen LogP) is 7.69. The third kappa shape index (κ3) is 14.4. The van der Waals surface area contributed by atoms with Crippen LogP contribution in [-0.2, 0) is 0 Å². The van der Waals surface area contributed by atoms with Crippen LogP contribution in [0.4, 0.5) is 31.5 Å². The minimum Gasteiger partial charge on any atom is -0.478 e. The number of nitrogens with zero attached hydrogens (tertiary/aromatic N) is 4. The number of carbonyl (C=O) groups is 2. The van der Waals surface area contributed by atoms with Gasteiger partial charge in [0.05, 0.1) is 66.8 Å². The summed E-state index contributed by atoms with van der Waals surface area (Å²) in [6, 6.07) is 13.9. The molecule has 10 N–H and O–H groups in total. The van der Waals surface area contributed by atoms with Gasteiger partial charge in [0.25, 0.3) is 5.91 Å². The van der Waals surface area contributed by atoms with Gasteiger partial charge in [-0.2, -0.15) is 0 Å². The molecule has 1 amide bonds. The number of carboxylic acid groups (broad SMARTS) is 1. The van der Waals surface area contributed by atoms with Crippen molar-refractivity contribution in [3.05, 3.63) is 142 Å². The highest BCUT2D eigenvalue weighted by atomic mass is 35.5. The highest BCUT2D eigenvalue weighted by molar-refractivity contribution is 6.31. The van der Waals surface area contributed by atoms with E-state index in [0.717, 1.165) is 11.1 Å². The first-order valence-corrected chi connectivity index (χ1v) is 20.8. The molecule has 4 heterocycles. The number of halogens is 4. The van der Waals surface area contributed by atoms with Crippen LogP contribution in [0.25, 0.3) is 22.5 Å². The Kier molecular flexibility index (Phi) is 19.6. The topological polar surface area (TPSA) is 249 Å². The highest BCUT2D eigenvalue weighted by Gasteiger charge is 2.20. The van der Waals surface area contributed by atoms with E-state index in [4.69, 9.17) is 39.1 Å². The number of carboxylic acids is 1. The number of aliphatic hydroxyl groups is 4. The maximum absolute atomic E-state index is 14.4. The summed E-state index contributed by atoms with van der Waals surface area (Å²) in [4.78, 5) is 40.8. The molecular weight excluding hydrogens is 885 g/mol. The lowest BCUT2D eigenvalue weighted by atomic mass is 10.0. The number of carbonyl (C=O) groups excluding carboxylic acids is 1. The number of hydrogen-bond acceptors (Lipinski definition) is 13. The van der Waals surface area contributed by atoms with Crippen LogP contribution in [0, 0.1) is 11.6 Å². The van der Waals surface area contributed by atoms with E-state index in [1.54, 1.807) is 36.7 Å². The number of nitrogens with one attached hydrogen (secondary N) is 3. The molecule has 0 aliphatic carbocycles. The maximum atomic E-state index is 14.4. The third-order valence-electron chi connectivity index (χ3n) is 9.42. The molecule has 0 saturated carbocycles. The molecule has 0 aliphatic heterocycles. The van der Waals surface area contributed by atoms with E-state index in [1.807, 2.05) is 27.7 Å². The Morgan fingerprint density at radius 2 is 1.06 bits per heavy atom. The van der Waals surface area contributed by atoms with E-state index >= 15 is 0 Å². The number of rotatable bonds is 15. The number of amides is 1. The first-order chi connectivity index (χ1) is 31.0. The summed E-state index contributed by atoms with van der Waals surface area (Å²) in [6.45, 7) is 6.89. The van der Waals surface area contributed by atoms with Gasteiger partial charge in [0.2, 0.25) is 0 Å². The van der Waals surface area contributed by atoms with Gasteiger partial charge in [0.1, 0.15) is 17.2 Å². The summed E-state index contributed by atoms with van der Waals surface area (Å²) >= 11 is 12.0. The lowest BCUT2D eigenvalue weighted by Crippen LogP contribution is -2.40. The molecule has 0 atom stereocenters. The molecule has 19 heteroatoms. The molecule has 0 unspecified atom stereocenters. The number of nitrogens with two attached hydrogens (primary N) is 1. The second-order valence-corrected chi connectivity index (χ2v) is 15.8. The zero-order chi connectivity index (χ0) is 47.8. The fraction of sp³-hybridized carbons (Fsp3) is 0.261. The molecule has 0 aliphatic rings. The van der Waals surface area contributed by atoms with Gasteiger partial charge in [0, 0.05) is 69.7 Å². The number of pyridine rings is 4. The van der Waals surface area contributed by atoms with Crippen molar-refractivity contribution in [3.63, 3.8) is 0 Å². The van der Waals surface area contributed by atoms with Gasteiger partial charge in [-0.3, -0.25) is 24.7 Å². The van der Waals surface area contributed by atoms with Crippen LogP contribution >= 0.6 is 23.2 Å². The number of hydrogen-bond donors (Lipinski definition) is 9. The maximum Gasteiger partial charge on any atom is 0.339 e. The molecular formula is C46H50Cl2F2N8O7. The van der Waals surface area contributed by atoms with Crippen molar-refractivity contribution in [2.45, 2.75) is 51.6 Å². The van der Waals surface area contributed by atoms with E-state index < -0.39 is 48.8 Å². The first kappa shape index (κ1) is 51.5. The van der Waals surface area contributed by atoms with E-state index in [2.05, 4.69) is 35.9 Å². The van der Waals surface area contributed by atoms with Crippen molar-refractivity contribution in [2.75, 3.05) is 37.1 Å². The van der Waals surface area contributed by atoms with Gasteiger partial charge in [0.15, 0.2) is 0 Å². The van der Waals surface area contributed by atoms with Crippen molar-refractivity contribution in [1.29, 1.82) is 0 Å². The summed E-state index contributed by atoms with van der Waals surface area (Å²) < 4.78 is 28.6. The lowest BCUT2D eigenvalue weighted by Gasteiger charge is -2.19. The van der Waals surface area contributed by atoms with Crippen molar-refractivity contribution < 1.29 is 43.9 Å². The number of aromatic nitrogens is 4. The monoisotopic (exact) mass is 934 g/mol. The van der Waals surface area contributed by atoms with Crippen LogP contribution in [0.3, 0.4) is 0 Å². The third-order valence-corrected chi connectivity index (χ3v) is 9.89. The Bertz CT molecular complexity index is 2550. The van der Waals surface area contributed by atoms with E-state index in [1.165, 1.54) is 61.2 Å². The Labute approximate surface area is 384 Å². The molecule has 0 bridgehead atoms. The fourth-order valence-electron chi connectivity index (χ4n) is 5.87. The molecule has 0 saturated heterocycles. The minimum absolute atomic E-state index is 0.0412. The van der Waals surface area contributed by atoms with Gasteiger partial charge in [-0.15, -0.1) is 0 Å². The molecule has 0 fully saturated rings. The highest BCUT2D eigenvalue weighted by Crippen LogP contribution is 2.35. The lowest BCUT2D eigenvalue weighted by molar-refractivity contribution is 0.0697. The summed E-state index contributed by atoms with van der Waals surface area (Å²) in [6.07, 6.45) is 9.02. The average Bonchev–Trinajstić information content (AvgIpc) is 3.29. The van der Waals surface area contributed by atoms with Crippen molar-refractivity contribution in [1.82, 2.24) is 25.3 Å². The van der Waals surface area contributed by atoms with Gasteiger partial charge < -0.3 is 47.2 Å².